The van der Waals surface area contributed by atoms with Crippen molar-refractivity contribution in [2.24, 2.45) is 5.73 Å². The summed E-state index contributed by atoms with van der Waals surface area (Å²) < 4.78 is 37.0. The highest BCUT2D eigenvalue weighted by Crippen LogP contribution is 2.22. The number of hydrogen-bond donors (Lipinski definition) is 2. The largest absolute Gasteiger partial charge is 0.480 e. The summed E-state index contributed by atoms with van der Waals surface area (Å²) in [5.74, 6) is -2.10. The van der Waals surface area contributed by atoms with Crippen LogP contribution in [0.2, 0.25) is 0 Å². The molecule has 8 heteroatoms. The standard InChI is InChI=1S/C11H11F3N2O3/c12-11(13,14)6-16(5-9(17)18)8-3-1-7(2-4-8)10(15)19/h1-4H,5-6H2,(H2,15,19)(H,17,18). The lowest BCUT2D eigenvalue weighted by atomic mass is 10.2. The van der Waals surface area contributed by atoms with Crippen LogP contribution < -0.4 is 10.6 Å². The number of halogens is 3. The molecule has 19 heavy (non-hydrogen) atoms. The Morgan fingerprint density at radius 3 is 2.11 bits per heavy atom. The number of amides is 1. The first-order valence-electron chi connectivity index (χ1n) is 5.12. The Labute approximate surface area is 106 Å². The second-order valence-corrected chi connectivity index (χ2v) is 3.78. The molecule has 0 saturated heterocycles. The topological polar surface area (TPSA) is 83.6 Å². The number of carboxylic acids is 1. The van der Waals surface area contributed by atoms with Crippen molar-refractivity contribution in [3.63, 3.8) is 0 Å². The van der Waals surface area contributed by atoms with Crippen molar-refractivity contribution in [1.82, 2.24) is 0 Å². The van der Waals surface area contributed by atoms with Gasteiger partial charge in [-0.05, 0) is 24.3 Å². The summed E-state index contributed by atoms with van der Waals surface area (Å²) in [7, 11) is 0. The number of nitrogens with zero attached hydrogens (tertiary/aromatic N) is 1. The van der Waals surface area contributed by atoms with Crippen LogP contribution in [-0.4, -0.2) is 36.2 Å². The maximum Gasteiger partial charge on any atom is 0.405 e. The second-order valence-electron chi connectivity index (χ2n) is 3.78. The number of nitrogens with two attached hydrogens (primary N) is 1. The molecule has 1 aromatic rings. The van der Waals surface area contributed by atoms with E-state index in [4.69, 9.17) is 10.8 Å². The average Bonchev–Trinajstić information content (AvgIpc) is 2.25. The molecule has 104 valence electrons. The number of rotatable bonds is 5. The van der Waals surface area contributed by atoms with Gasteiger partial charge in [0.25, 0.3) is 0 Å². The summed E-state index contributed by atoms with van der Waals surface area (Å²) in [4.78, 5) is 22.0. The lowest BCUT2D eigenvalue weighted by Gasteiger charge is -2.24. The van der Waals surface area contributed by atoms with Crippen LogP contribution in [0.4, 0.5) is 18.9 Å². The predicted octanol–water partition coefficient (Wildman–Crippen LogP) is 1.24. The maximum atomic E-state index is 12.3. The smallest absolute Gasteiger partial charge is 0.405 e. The summed E-state index contributed by atoms with van der Waals surface area (Å²) in [6.07, 6.45) is -4.53. The van der Waals surface area contributed by atoms with Gasteiger partial charge in [-0.1, -0.05) is 0 Å². The molecule has 5 nitrogen and oxygen atoms in total. The number of carboxylic acid groups (broad SMARTS) is 1. The summed E-state index contributed by atoms with van der Waals surface area (Å²) in [5.41, 5.74) is 5.17. The number of benzene rings is 1. The van der Waals surface area contributed by atoms with Crippen LogP contribution in [0.1, 0.15) is 10.4 Å². The van der Waals surface area contributed by atoms with Gasteiger partial charge >= 0.3 is 12.1 Å². The molecule has 0 heterocycles. The van der Waals surface area contributed by atoms with E-state index in [2.05, 4.69) is 0 Å². The van der Waals surface area contributed by atoms with Crippen molar-refractivity contribution < 1.29 is 27.9 Å². The minimum absolute atomic E-state index is 0.0460. The van der Waals surface area contributed by atoms with Crippen LogP contribution in [-0.2, 0) is 4.79 Å². The normalized spacial score (nSPS) is 11.1. The summed E-state index contributed by atoms with van der Waals surface area (Å²) >= 11 is 0. The highest BCUT2D eigenvalue weighted by molar-refractivity contribution is 5.93. The Balaban J connectivity index is 2.96. The average molecular weight is 276 g/mol. The molecule has 0 spiro atoms. The fourth-order valence-corrected chi connectivity index (χ4v) is 1.45. The molecule has 1 rings (SSSR count). The van der Waals surface area contributed by atoms with Gasteiger partial charge in [0.15, 0.2) is 0 Å². The first-order valence-corrected chi connectivity index (χ1v) is 5.12. The van der Waals surface area contributed by atoms with Crippen molar-refractivity contribution in [3.8, 4) is 0 Å². The van der Waals surface area contributed by atoms with Gasteiger partial charge in [0.2, 0.25) is 5.91 Å². The monoisotopic (exact) mass is 276 g/mol. The van der Waals surface area contributed by atoms with E-state index in [0.29, 0.717) is 4.90 Å². The van der Waals surface area contributed by atoms with Gasteiger partial charge < -0.3 is 15.7 Å². The van der Waals surface area contributed by atoms with Crippen molar-refractivity contribution in [2.75, 3.05) is 18.0 Å². The Morgan fingerprint density at radius 1 is 1.21 bits per heavy atom. The van der Waals surface area contributed by atoms with Crippen molar-refractivity contribution in [3.05, 3.63) is 29.8 Å². The number of anilines is 1. The number of primary amides is 1. The van der Waals surface area contributed by atoms with Crippen molar-refractivity contribution >= 4 is 17.6 Å². The van der Waals surface area contributed by atoms with Gasteiger partial charge in [-0.3, -0.25) is 9.59 Å². The molecule has 0 fully saturated rings. The Hall–Kier alpha value is -2.25. The SMILES string of the molecule is NC(=O)c1ccc(N(CC(=O)O)CC(F)(F)F)cc1. The molecular formula is C11H11F3N2O3. The molecule has 0 aliphatic heterocycles. The molecule has 0 atom stereocenters. The van der Waals surface area contributed by atoms with Gasteiger partial charge in [-0.2, -0.15) is 13.2 Å². The zero-order chi connectivity index (χ0) is 14.6. The molecule has 0 bridgehead atoms. The van der Waals surface area contributed by atoms with E-state index in [1.807, 2.05) is 0 Å². The van der Waals surface area contributed by atoms with E-state index in [1.165, 1.54) is 24.3 Å². The fourth-order valence-electron chi connectivity index (χ4n) is 1.45. The molecule has 0 unspecified atom stereocenters. The number of aliphatic carboxylic acids is 1. The Kier molecular flexibility index (Phi) is 4.36. The van der Waals surface area contributed by atoms with Crippen LogP contribution >= 0.6 is 0 Å². The first-order chi connectivity index (χ1) is 8.69. The molecule has 0 aromatic heterocycles. The highest BCUT2D eigenvalue weighted by atomic mass is 19.4. The van der Waals surface area contributed by atoms with Crippen LogP contribution in [0.15, 0.2) is 24.3 Å². The highest BCUT2D eigenvalue weighted by Gasteiger charge is 2.31. The van der Waals surface area contributed by atoms with Gasteiger partial charge in [0.1, 0.15) is 13.1 Å². The molecule has 0 saturated carbocycles. The molecule has 0 aliphatic rings. The van der Waals surface area contributed by atoms with Gasteiger partial charge in [-0.25, -0.2) is 0 Å². The first kappa shape index (κ1) is 14.8. The summed E-state index contributed by atoms with van der Waals surface area (Å²) in [5, 5.41) is 8.60. The number of carbonyl (C=O) groups excluding carboxylic acids is 1. The van der Waals surface area contributed by atoms with E-state index in [1.54, 1.807) is 0 Å². The van der Waals surface area contributed by atoms with E-state index in [-0.39, 0.29) is 11.3 Å². The van der Waals surface area contributed by atoms with Gasteiger partial charge in [0.05, 0.1) is 0 Å². The molecule has 1 aromatic carbocycles. The molecule has 1 amide bonds. The minimum atomic E-state index is -4.53. The van der Waals surface area contributed by atoms with Crippen LogP contribution in [0.3, 0.4) is 0 Å². The van der Waals surface area contributed by atoms with Gasteiger partial charge in [-0.15, -0.1) is 0 Å². The Bertz CT molecular complexity index is 471. The molecule has 3 N–H and O–H groups in total. The lowest BCUT2D eigenvalue weighted by Crippen LogP contribution is -2.37. The van der Waals surface area contributed by atoms with Gasteiger partial charge in [0, 0.05) is 11.3 Å². The predicted molar refractivity (Wildman–Crippen MR) is 60.9 cm³/mol. The van der Waals surface area contributed by atoms with Crippen molar-refractivity contribution in [1.29, 1.82) is 0 Å². The van der Waals surface area contributed by atoms with Crippen LogP contribution in [0, 0.1) is 0 Å². The van der Waals surface area contributed by atoms with E-state index < -0.39 is 31.1 Å². The fraction of sp³-hybridized carbons (Fsp3) is 0.273. The summed E-state index contributed by atoms with van der Waals surface area (Å²) in [6, 6.07) is 4.91. The zero-order valence-corrected chi connectivity index (χ0v) is 9.65. The number of hydrogen-bond acceptors (Lipinski definition) is 3. The zero-order valence-electron chi connectivity index (χ0n) is 9.65. The molecular weight excluding hydrogens is 265 g/mol. The minimum Gasteiger partial charge on any atom is -0.480 e. The molecule has 0 aliphatic carbocycles. The lowest BCUT2D eigenvalue weighted by molar-refractivity contribution is -0.136. The van der Waals surface area contributed by atoms with Crippen LogP contribution in [0.5, 0.6) is 0 Å². The summed E-state index contributed by atoms with van der Waals surface area (Å²) in [6.45, 7) is -2.19. The van der Waals surface area contributed by atoms with E-state index >= 15 is 0 Å². The molecule has 0 radical (unpaired) electrons. The maximum absolute atomic E-state index is 12.3. The van der Waals surface area contributed by atoms with Crippen molar-refractivity contribution in [2.45, 2.75) is 6.18 Å². The third-order valence-electron chi connectivity index (χ3n) is 2.21. The van der Waals surface area contributed by atoms with Crippen LogP contribution in [0.25, 0.3) is 0 Å². The van der Waals surface area contributed by atoms with E-state index in [9.17, 15) is 22.8 Å². The number of alkyl halides is 3. The third kappa shape index (κ3) is 4.86. The Morgan fingerprint density at radius 2 is 1.74 bits per heavy atom. The number of carbonyl (C=O) groups is 2. The second kappa shape index (κ2) is 5.59. The third-order valence-corrected chi connectivity index (χ3v) is 2.21. The quantitative estimate of drug-likeness (QED) is 0.847. The van der Waals surface area contributed by atoms with E-state index in [0.717, 1.165) is 0 Å².